The number of carbonyl (C=O) groups excluding carboxylic acids is 2. The Bertz CT molecular complexity index is 1080. The van der Waals surface area contributed by atoms with Gasteiger partial charge in [-0.3, -0.25) is 19.0 Å². The van der Waals surface area contributed by atoms with E-state index in [9.17, 15) is 27.2 Å². The number of aryl methyl sites for hydroxylation is 1. The van der Waals surface area contributed by atoms with Crippen molar-refractivity contribution in [3.8, 4) is 0 Å². The van der Waals surface area contributed by atoms with E-state index in [1.807, 2.05) is 0 Å². The van der Waals surface area contributed by atoms with Gasteiger partial charge in [-0.05, 0) is 43.3 Å². The van der Waals surface area contributed by atoms with Gasteiger partial charge in [-0.15, -0.1) is 0 Å². The third-order valence-electron chi connectivity index (χ3n) is 4.33. The van der Waals surface area contributed by atoms with E-state index in [0.717, 1.165) is 0 Å². The Hall–Kier alpha value is -3.70. The lowest BCUT2D eigenvalue weighted by molar-refractivity contribution is -0.119. The average Bonchev–Trinajstić information content (AvgIpc) is 3.35. The van der Waals surface area contributed by atoms with Gasteiger partial charge < -0.3 is 10.6 Å². The van der Waals surface area contributed by atoms with Crippen molar-refractivity contribution < 1.29 is 27.2 Å². The second-order valence-electron chi connectivity index (χ2n) is 6.61. The summed E-state index contributed by atoms with van der Waals surface area (Å²) in [5, 5.41) is 12.6. The molecule has 2 aromatic heterocycles. The summed E-state index contributed by atoms with van der Waals surface area (Å²) in [4.78, 5) is 24.5. The van der Waals surface area contributed by atoms with E-state index in [1.165, 1.54) is 35.9 Å². The largest absolute Gasteiger partial charge is 0.324 e. The topological polar surface area (TPSA) is 93.8 Å². The molecule has 0 spiro atoms. The smallest absolute Gasteiger partial charge is 0.282 e. The molecule has 0 radical (unpaired) electrons. The van der Waals surface area contributed by atoms with Crippen LogP contribution in [-0.2, 0) is 11.8 Å². The summed E-state index contributed by atoms with van der Waals surface area (Å²) in [7, 11) is 1.68. The van der Waals surface area contributed by atoms with Gasteiger partial charge in [-0.2, -0.15) is 10.2 Å². The fourth-order valence-corrected chi connectivity index (χ4v) is 2.73. The Morgan fingerprint density at radius 1 is 0.935 bits per heavy atom. The first-order valence-electron chi connectivity index (χ1n) is 9.03. The van der Waals surface area contributed by atoms with Crippen molar-refractivity contribution in [2.45, 2.75) is 25.8 Å². The summed E-state index contributed by atoms with van der Waals surface area (Å²) in [5.74, 6) is -1.14. The maximum absolute atomic E-state index is 13.1. The van der Waals surface area contributed by atoms with E-state index in [0.29, 0.717) is 22.1 Å². The monoisotopic (exact) mass is 438 g/mol. The number of nitrogens with zero attached hydrogens (tertiary/aromatic N) is 4. The first-order chi connectivity index (χ1) is 14.7. The Balaban J connectivity index is 1.67. The second-order valence-corrected chi connectivity index (χ2v) is 6.61. The van der Waals surface area contributed by atoms with Crippen molar-refractivity contribution in [1.29, 1.82) is 0 Å². The fraction of sp³-hybridized carbons (Fsp3) is 0.263. The summed E-state index contributed by atoms with van der Waals surface area (Å²) >= 11 is 0. The Morgan fingerprint density at radius 2 is 1.55 bits per heavy atom. The average molecular weight is 438 g/mol. The van der Waals surface area contributed by atoms with Crippen LogP contribution in [0, 0.1) is 0 Å². The van der Waals surface area contributed by atoms with E-state index in [-0.39, 0.29) is 5.69 Å². The summed E-state index contributed by atoms with van der Waals surface area (Å²) in [6.45, 7) is 1.27. The van der Waals surface area contributed by atoms with Crippen LogP contribution in [0.4, 0.5) is 28.9 Å². The van der Waals surface area contributed by atoms with E-state index in [1.54, 1.807) is 19.3 Å². The molecular formula is C19H18F4N6O2. The third kappa shape index (κ3) is 5.08. The van der Waals surface area contributed by atoms with Gasteiger partial charge in [0, 0.05) is 24.6 Å². The summed E-state index contributed by atoms with van der Waals surface area (Å²) in [6, 6.07) is 6.88. The first-order valence-corrected chi connectivity index (χ1v) is 9.03. The van der Waals surface area contributed by atoms with E-state index >= 15 is 0 Å². The lowest BCUT2D eigenvalue weighted by Crippen LogP contribution is -2.26. The maximum atomic E-state index is 13.1. The minimum Gasteiger partial charge on any atom is -0.324 e. The summed E-state index contributed by atoms with van der Waals surface area (Å²) in [5.41, 5.74) is -0.623. The number of aromatic nitrogens is 4. The fourth-order valence-electron chi connectivity index (χ4n) is 2.73. The second kappa shape index (κ2) is 8.98. The van der Waals surface area contributed by atoms with Gasteiger partial charge in [-0.1, -0.05) is 0 Å². The molecule has 0 saturated carbocycles. The van der Waals surface area contributed by atoms with Gasteiger partial charge in [0.25, 0.3) is 18.8 Å². The molecule has 0 saturated heterocycles. The zero-order chi connectivity index (χ0) is 22.7. The molecule has 164 valence electrons. The van der Waals surface area contributed by atoms with Crippen molar-refractivity contribution in [1.82, 2.24) is 19.6 Å². The molecule has 31 heavy (non-hydrogen) atoms. The number of benzene rings is 1. The predicted molar refractivity (Wildman–Crippen MR) is 103 cm³/mol. The highest BCUT2D eigenvalue weighted by Crippen LogP contribution is 2.28. The van der Waals surface area contributed by atoms with Crippen LogP contribution >= 0.6 is 0 Å². The van der Waals surface area contributed by atoms with Crippen LogP contribution in [0.5, 0.6) is 0 Å². The SMILES string of the molecule is CC(C(=O)Nc1ccc(NC(=O)c2ccn(C)n2)cc1)n1nc(C(F)F)cc1C(F)F. The van der Waals surface area contributed by atoms with Gasteiger partial charge in [0.1, 0.15) is 17.4 Å². The van der Waals surface area contributed by atoms with Crippen molar-refractivity contribution in [3.63, 3.8) is 0 Å². The van der Waals surface area contributed by atoms with Gasteiger partial charge in [-0.25, -0.2) is 17.6 Å². The lowest BCUT2D eigenvalue weighted by Gasteiger charge is -2.15. The van der Waals surface area contributed by atoms with Crippen LogP contribution in [-0.4, -0.2) is 31.4 Å². The third-order valence-corrected chi connectivity index (χ3v) is 4.33. The summed E-state index contributed by atoms with van der Waals surface area (Å²) < 4.78 is 54.0. The number of carbonyl (C=O) groups is 2. The van der Waals surface area contributed by atoms with E-state index in [2.05, 4.69) is 20.8 Å². The normalized spacial score (nSPS) is 12.3. The van der Waals surface area contributed by atoms with Crippen molar-refractivity contribution in [2.75, 3.05) is 10.6 Å². The number of alkyl halides is 4. The Morgan fingerprint density at radius 3 is 2.06 bits per heavy atom. The number of halogens is 4. The molecule has 0 fully saturated rings. The highest BCUT2D eigenvalue weighted by atomic mass is 19.3. The molecule has 0 aliphatic rings. The van der Waals surface area contributed by atoms with Crippen molar-refractivity contribution in [3.05, 3.63) is 59.7 Å². The highest BCUT2D eigenvalue weighted by molar-refractivity contribution is 6.03. The molecule has 3 aromatic rings. The number of hydrogen-bond donors (Lipinski definition) is 2. The maximum Gasteiger partial charge on any atom is 0.282 e. The number of anilines is 2. The molecule has 8 nitrogen and oxygen atoms in total. The quantitative estimate of drug-likeness (QED) is 0.547. The zero-order valence-electron chi connectivity index (χ0n) is 16.4. The lowest BCUT2D eigenvalue weighted by atomic mass is 10.2. The number of rotatable bonds is 7. The van der Waals surface area contributed by atoms with Gasteiger partial charge in [0.15, 0.2) is 5.69 Å². The highest BCUT2D eigenvalue weighted by Gasteiger charge is 2.27. The molecule has 0 aliphatic carbocycles. The number of amides is 2. The molecule has 3 rings (SSSR count). The van der Waals surface area contributed by atoms with Crippen molar-refractivity contribution in [2.24, 2.45) is 7.05 Å². The number of nitrogens with one attached hydrogen (secondary N) is 2. The standard InChI is InChI=1S/C19H18F4N6O2/c1-10(29-15(17(22)23)9-14(27-29)16(20)21)18(30)24-11-3-5-12(6-4-11)25-19(31)13-7-8-28(2)26-13/h3-10,16-17H,1-2H3,(H,24,30)(H,25,31). The molecule has 2 heterocycles. The van der Waals surface area contributed by atoms with E-state index < -0.39 is 42.1 Å². The van der Waals surface area contributed by atoms with Crippen LogP contribution < -0.4 is 10.6 Å². The van der Waals surface area contributed by atoms with Gasteiger partial charge >= 0.3 is 0 Å². The zero-order valence-corrected chi connectivity index (χ0v) is 16.4. The molecule has 2 amide bonds. The summed E-state index contributed by atoms with van der Waals surface area (Å²) in [6.07, 6.45) is -4.49. The minimum atomic E-state index is -3.07. The minimum absolute atomic E-state index is 0.228. The molecule has 0 aliphatic heterocycles. The van der Waals surface area contributed by atoms with Crippen LogP contribution in [0.15, 0.2) is 42.6 Å². The van der Waals surface area contributed by atoms with Crippen LogP contribution in [0.25, 0.3) is 0 Å². The van der Waals surface area contributed by atoms with Crippen LogP contribution in [0.2, 0.25) is 0 Å². The molecule has 0 bridgehead atoms. The first kappa shape index (κ1) is 22.0. The van der Waals surface area contributed by atoms with Crippen LogP contribution in [0.1, 0.15) is 47.7 Å². The predicted octanol–water partition coefficient (Wildman–Crippen LogP) is 3.94. The molecule has 2 N–H and O–H groups in total. The molecule has 1 unspecified atom stereocenters. The molecule has 1 aromatic carbocycles. The van der Waals surface area contributed by atoms with Gasteiger partial charge in [0.05, 0.1) is 0 Å². The van der Waals surface area contributed by atoms with Gasteiger partial charge in [0.2, 0.25) is 5.91 Å². The van der Waals surface area contributed by atoms with E-state index in [4.69, 9.17) is 0 Å². The number of hydrogen-bond acceptors (Lipinski definition) is 4. The van der Waals surface area contributed by atoms with Crippen molar-refractivity contribution >= 4 is 23.2 Å². The molecule has 1 atom stereocenters. The Labute approximate surface area is 173 Å². The molecular weight excluding hydrogens is 420 g/mol. The molecule has 12 heteroatoms. The van der Waals surface area contributed by atoms with Crippen LogP contribution in [0.3, 0.4) is 0 Å². The Kier molecular flexibility index (Phi) is 6.37.